The first kappa shape index (κ1) is 9.09. The normalized spacial score (nSPS) is 21.0. The summed E-state index contributed by atoms with van der Waals surface area (Å²) >= 11 is 0. The lowest BCUT2D eigenvalue weighted by molar-refractivity contribution is 0.335. The molecule has 0 atom stereocenters. The molecular weight excluding hydrogens is 132 g/mol. The molecule has 0 spiro atoms. The van der Waals surface area contributed by atoms with Crippen LogP contribution >= 0.6 is 0 Å². The Bertz CT molecular complexity index is 88.2. The minimum absolute atomic E-state index is 1.07. The Morgan fingerprint density at radius 1 is 1.09 bits per heavy atom. The van der Waals surface area contributed by atoms with Crippen LogP contribution in [0.5, 0.6) is 0 Å². The highest BCUT2D eigenvalue weighted by atomic mass is 14.2. The van der Waals surface area contributed by atoms with Gasteiger partial charge < -0.3 is 0 Å². The quantitative estimate of drug-likeness (QED) is 0.575. The second-order valence-electron chi connectivity index (χ2n) is 4.25. The molecule has 0 aromatic heterocycles. The smallest absolute Gasteiger partial charge is 0.0303 e. The number of hydrogen-bond acceptors (Lipinski definition) is 0. The van der Waals surface area contributed by atoms with Crippen LogP contribution in [0.4, 0.5) is 0 Å². The number of rotatable bonds is 3. The van der Waals surface area contributed by atoms with Gasteiger partial charge in [-0.25, -0.2) is 0 Å². The molecule has 0 bridgehead atoms. The molecule has 1 saturated carbocycles. The zero-order valence-corrected chi connectivity index (χ0v) is 8.03. The Morgan fingerprint density at radius 3 is 2.27 bits per heavy atom. The van der Waals surface area contributed by atoms with Crippen molar-refractivity contribution in [3.05, 3.63) is 5.92 Å². The maximum absolute atomic E-state index is 2.25. The molecular formula is C11H21. The molecule has 0 unspecified atom stereocenters. The average molecular weight is 153 g/mol. The predicted molar refractivity (Wildman–Crippen MR) is 50.4 cm³/mol. The fraction of sp³-hybridized carbons (Fsp3) is 0.909. The monoisotopic (exact) mass is 153 g/mol. The Labute approximate surface area is 71.4 Å². The van der Waals surface area contributed by atoms with Crippen molar-refractivity contribution >= 4 is 0 Å². The van der Waals surface area contributed by atoms with Crippen molar-refractivity contribution in [2.45, 2.75) is 58.8 Å². The van der Waals surface area contributed by atoms with Gasteiger partial charge in [-0.1, -0.05) is 46.0 Å². The highest BCUT2D eigenvalue weighted by Gasteiger charge is 2.12. The van der Waals surface area contributed by atoms with E-state index < -0.39 is 0 Å². The molecule has 65 valence electrons. The van der Waals surface area contributed by atoms with Gasteiger partial charge in [0, 0.05) is 0 Å². The zero-order valence-electron chi connectivity index (χ0n) is 8.03. The third-order valence-corrected chi connectivity index (χ3v) is 2.78. The first-order valence-corrected chi connectivity index (χ1v) is 5.08. The molecule has 0 heterocycles. The summed E-state index contributed by atoms with van der Waals surface area (Å²) in [5.41, 5.74) is 0. The second kappa shape index (κ2) is 4.79. The van der Waals surface area contributed by atoms with E-state index in [4.69, 9.17) is 0 Å². The van der Waals surface area contributed by atoms with E-state index >= 15 is 0 Å². The van der Waals surface area contributed by atoms with Crippen LogP contribution in [0.2, 0.25) is 0 Å². The van der Waals surface area contributed by atoms with E-state index in [1.807, 2.05) is 0 Å². The molecule has 0 aromatic rings. The zero-order chi connectivity index (χ0) is 8.10. The Kier molecular flexibility index (Phi) is 3.96. The van der Waals surface area contributed by atoms with Crippen LogP contribution in [0.3, 0.4) is 0 Å². The topological polar surface area (TPSA) is 0 Å². The van der Waals surface area contributed by atoms with Gasteiger partial charge in [0.05, 0.1) is 0 Å². The standard InChI is InChI=1S/C11H21/c1-10(2)8-9-11-6-4-3-5-7-11/h11H,3-9H2,1-2H3. The van der Waals surface area contributed by atoms with Crippen LogP contribution in [-0.4, -0.2) is 0 Å². The van der Waals surface area contributed by atoms with E-state index in [2.05, 4.69) is 13.8 Å². The largest absolute Gasteiger partial charge is 0.0594 e. The van der Waals surface area contributed by atoms with E-state index in [0.717, 1.165) is 5.92 Å². The van der Waals surface area contributed by atoms with E-state index in [9.17, 15) is 0 Å². The molecule has 1 rings (SSSR count). The molecule has 0 heteroatoms. The van der Waals surface area contributed by atoms with E-state index in [1.165, 1.54) is 44.9 Å². The Balaban J connectivity index is 2.05. The fourth-order valence-electron chi connectivity index (χ4n) is 1.97. The highest BCUT2D eigenvalue weighted by molar-refractivity contribution is 4.78. The number of hydrogen-bond donors (Lipinski definition) is 0. The lowest BCUT2D eigenvalue weighted by Gasteiger charge is -2.21. The molecule has 1 aliphatic rings. The van der Waals surface area contributed by atoms with Gasteiger partial charge in [-0.15, -0.1) is 0 Å². The van der Waals surface area contributed by atoms with Gasteiger partial charge in [0.2, 0.25) is 0 Å². The van der Waals surface area contributed by atoms with Crippen LogP contribution in [0.1, 0.15) is 58.8 Å². The van der Waals surface area contributed by atoms with Gasteiger partial charge in [-0.2, -0.15) is 0 Å². The molecule has 0 aliphatic heterocycles. The lowest BCUT2D eigenvalue weighted by atomic mass is 9.85. The highest BCUT2D eigenvalue weighted by Crippen LogP contribution is 2.28. The van der Waals surface area contributed by atoms with Crippen molar-refractivity contribution < 1.29 is 0 Å². The lowest BCUT2D eigenvalue weighted by Crippen LogP contribution is -2.06. The van der Waals surface area contributed by atoms with Crippen LogP contribution < -0.4 is 0 Å². The summed E-state index contributed by atoms with van der Waals surface area (Å²) < 4.78 is 0. The van der Waals surface area contributed by atoms with Crippen molar-refractivity contribution in [3.8, 4) is 0 Å². The summed E-state index contributed by atoms with van der Waals surface area (Å²) in [4.78, 5) is 0. The molecule has 0 nitrogen and oxygen atoms in total. The third kappa shape index (κ3) is 3.79. The van der Waals surface area contributed by atoms with Gasteiger partial charge in [-0.05, 0) is 24.7 Å². The molecule has 1 fully saturated rings. The minimum atomic E-state index is 1.07. The molecule has 0 amide bonds. The molecule has 0 N–H and O–H groups in total. The van der Waals surface area contributed by atoms with Gasteiger partial charge in [0.15, 0.2) is 0 Å². The molecule has 11 heavy (non-hydrogen) atoms. The summed E-state index contributed by atoms with van der Waals surface area (Å²) in [5.74, 6) is 2.68. The van der Waals surface area contributed by atoms with Crippen molar-refractivity contribution in [1.82, 2.24) is 0 Å². The predicted octanol–water partition coefficient (Wildman–Crippen LogP) is 3.96. The van der Waals surface area contributed by atoms with Crippen molar-refractivity contribution in [2.24, 2.45) is 5.92 Å². The molecule has 1 radical (unpaired) electrons. The average Bonchev–Trinajstić information content (AvgIpc) is 2.03. The van der Waals surface area contributed by atoms with Crippen LogP contribution in [0, 0.1) is 11.8 Å². The van der Waals surface area contributed by atoms with Gasteiger partial charge >= 0.3 is 0 Å². The molecule has 0 aromatic carbocycles. The summed E-state index contributed by atoms with van der Waals surface area (Å²) in [6.07, 6.45) is 10.3. The van der Waals surface area contributed by atoms with E-state index in [-0.39, 0.29) is 0 Å². The summed E-state index contributed by atoms with van der Waals surface area (Å²) in [6, 6.07) is 0. The van der Waals surface area contributed by atoms with Crippen LogP contribution in [0.15, 0.2) is 0 Å². The molecule has 1 aliphatic carbocycles. The second-order valence-corrected chi connectivity index (χ2v) is 4.25. The Morgan fingerprint density at radius 2 is 1.73 bits per heavy atom. The van der Waals surface area contributed by atoms with E-state index in [0.29, 0.717) is 0 Å². The summed E-state index contributed by atoms with van der Waals surface area (Å²) in [5, 5.41) is 0. The van der Waals surface area contributed by atoms with Crippen LogP contribution in [-0.2, 0) is 0 Å². The maximum Gasteiger partial charge on any atom is -0.0303 e. The van der Waals surface area contributed by atoms with Gasteiger partial charge in [0.25, 0.3) is 0 Å². The van der Waals surface area contributed by atoms with Crippen LogP contribution in [0.25, 0.3) is 0 Å². The SMILES string of the molecule is C[C](C)CCC1CCCCC1. The molecule has 0 saturated heterocycles. The van der Waals surface area contributed by atoms with Gasteiger partial charge in [-0.3, -0.25) is 0 Å². The first-order valence-electron chi connectivity index (χ1n) is 5.08. The van der Waals surface area contributed by atoms with Crippen molar-refractivity contribution in [1.29, 1.82) is 0 Å². The van der Waals surface area contributed by atoms with Crippen molar-refractivity contribution in [3.63, 3.8) is 0 Å². The summed E-state index contributed by atoms with van der Waals surface area (Å²) in [6.45, 7) is 4.51. The minimum Gasteiger partial charge on any atom is -0.0594 e. The fourth-order valence-corrected chi connectivity index (χ4v) is 1.97. The Hall–Kier alpha value is 0. The maximum atomic E-state index is 2.25. The summed E-state index contributed by atoms with van der Waals surface area (Å²) in [7, 11) is 0. The van der Waals surface area contributed by atoms with Gasteiger partial charge in [0.1, 0.15) is 0 Å². The third-order valence-electron chi connectivity index (χ3n) is 2.78. The first-order chi connectivity index (χ1) is 5.29. The van der Waals surface area contributed by atoms with E-state index in [1.54, 1.807) is 5.92 Å². The van der Waals surface area contributed by atoms with Crippen molar-refractivity contribution in [2.75, 3.05) is 0 Å².